The molecule has 0 saturated carbocycles. The van der Waals surface area contributed by atoms with Crippen LogP contribution in [-0.4, -0.2) is 19.4 Å². The van der Waals surface area contributed by atoms with Crippen molar-refractivity contribution in [3.8, 4) is 0 Å². The van der Waals surface area contributed by atoms with E-state index in [9.17, 15) is 0 Å². The Bertz CT molecular complexity index is 136. The predicted molar refractivity (Wildman–Crippen MR) is 51.0 cm³/mol. The van der Waals surface area contributed by atoms with Crippen molar-refractivity contribution in [1.82, 2.24) is 0 Å². The van der Waals surface area contributed by atoms with Crippen LogP contribution in [-0.2, 0) is 11.4 Å². The fraction of sp³-hybridized carbons (Fsp3) is 0.429. The quantitative estimate of drug-likeness (QED) is 0.462. The number of rotatable bonds is 4. The van der Waals surface area contributed by atoms with Gasteiger partial charge in [-0.3, -0.25) is 9.11 Å². The Kier molecular flexibility index (Phi) is 12.3. The minimum Gasteiger partial charge on any atom is -0.327 e. The Labute approximate surface area is 75.3 Å². The van der Waals surface area contributed by atoms with Crippen LogP contribution < -0.4 is 5.73 Å². The minimum absolute atomic E-state index is 0.227. The summed E-state index contributed by atoms with van der Waals surface area (Å²) >= 11 is -2.61. The molecule has 0 radical (unpaired) electrons. The number of hydrogen-bond donors (Lipinski definition) is 3. The van der Waals surface area contributed by atoms with Gasteiger partial charge in [-0.05, 0) is 12.8 Å². The van der Waals surface area contributed by atoms with Gasteiger partial charge in [-0.25, -0.2) is 0 Å². The van der Waals surface area contributed by atoms with Gasteiger partial charge in [-0.1, -0.05) is 12.2 Å². The van der Waals surface area contributed by atoms with Gasteiger partial charge >= 0.3 is 0 Å². The highest BCUT2D eigenvalue weighted by Gasteiger charge is 1.92. The second kappa shape index (κ2) is 10.5. The lowest BCUT2D eigenvalue weighted by molar-refractivity contribution is 0.454. The summed E-state index contributed by atoms with van der Waals surface area (Å²) in [5.41, 5.74) is 5.55. The molecular formula is C7H15NO3S. The fourth-order valence-electron chi connectivity index (χ4n) is 0.524. The molecule has 0 bridgehead atoms. The molecule has 0 aliphatic heterocycles. The Balaban J connectivity index is 0. The summed E-state index contributed by atoms with van der Waals surface area (Å²) in [5.74, 6) is 0. The van der Waals surface area contributed by atoms with E-state index in [0.29, 0.717) is 0 Å². The molecule has 0 aromatic rings. The molecule has 0 aliphatic rings. The van der Waals surface area contributed by atoms with E-state index in [2.05, 4.69) is 13.2 Å². The number of hydrogen-bond acceptors (Lipinski definition) is 2. The highest BCUT2D eigenvalue weighted by atomic mass is 32.2. The van der Waals surface area contributed by atoms with Gasteiger partial charge in [0.15, 0.2) is 0 Å². The maximum atomic E-state index is 8.67. The second-order valence-corrected chi connectivity index (χ2v) is 2.50. The Hall–Kier alpha value is -0.490. The predicted octanol–water partition coefficient (Wildman–Crippen LogP) is 1.15. The standard InChI is InChI=1S/C7H13N.H2O3S/c1-3-5-7(8)6-4-2;1-4(2)3/h3-4,7H,1-2,5-6,8H2;(H2,1,2,3). The first-order valence-electron chi connectivity index (χ1n) is 3.31. The Morgan fingerprint density at radius 2 is 1.58 bits per heavy atom. The van der Waals surface area contributed by atoms with Gasteiger partial charge in [0.25, 0.3) is 11.4 Å². The molecule has 4 nitrogen and oxygen atoms in total. The Morgan fingerprint density at radius 1 is 1.33 bits per heavy atom. The average molecular weight is 193 g/mol. The van der Waals surface area contributed by atoms with Crippen LogP contribution in [0.5, 0.6) is 0 Å². The molecule has 0 fully saturated rings. The molecule has 0 atom stereocenters. The van der Waals surface area contributed by atoms with E-state index in [-0.39, 0.29) is 6.04 Å². The third kappa shape index (κ3) is 22.7. The summed E-state index contributed by atoms with van der Waals surface area (Å²) in [6, 6.07) is 0.227. The molecule has 12 heavy (non-hydrogen) atoms. The monoisotopic (exact) mass is 193 g/mol. The van der Waals surface area contributed by atoms with Gasteiger partial charge in [0.1, 0.15) is 0 Å². The molecule has 0 spiro atoms. The van der Waals surface area contributed by atoms with Gasteiger partial charge in [0, 0.05) is 6.04 Å². The van der Waals surface area contributed by atoms with Crippen LogP contribution in [0.15, 0.2) is 25.3 Å². The van der Waals surface area contributed by atoms with Crippen LogP contribution >= 0.6 is 0 Å². The van der Waals surface area contributed by atoms with Gasteiger partial charge in [0.05, 0.1) is 0 Å². The van der Waals surface area contributed by atoms with Crippen molar-refractivity contribution in [3.05, 3.63) is 25.3 Å². The van der Waals surface area contributed by atoms with Crippen molar-refractivity contribution in [2.75, 3.05) is 0 Å². The summed E-state index contributed by atoms with van der Waals surface area (Å²) in [4.78, 5) is 0. The van der Waals surface area contributed by atoms with Gasteiger partial charge in [-0.15, -0.1) is 13.2 Å². The molecule has 0 amide bonds. The summed E-state index contributed by atoms with van der Waals surface area (Å²) in [5, 5.41) is 0. The molecule has 0 aliphatic carbocycles. The topological polar surface area (TPSA) is 83.6 Å². The highest BCUT2D eigenvalue weighted by Crippen LogP contribution is 1.93. The lowest BCUT2D eigenvalue weighted by atomic mass is 10.1. The third-order valence-electron chi connectivity index (χ3n) is 0.939. The Morgan fingerprint density at radius 3 is 1.75 bits per heavy atom. The first-order valence-corrected chi connectivity index (χ1v) is 4.38. The zero-order chi connectivity index (χ0) is 9.98. The first kappa shape index (κ1) is 14.1. The average Bonchev–Trinajstić information content (AvgIpc) is 1.87. The lowest BCUT2D eigenvalue weighted by Gasteiger charge is -2.01. The van der Waals surface area contributed by atoms with E-state index in [0.717, 1.165) is 12.8 Å². The maximum Gasteiger partial charge on any atom is 0.299 e. The first-order chi connectivity index (χ1) is 5.54. The summed E-state index contributed by atoms with van der Waals surface area (Å²) in [6.07, 6.45) is 5.42. The molecule has 0 unspecified atom stereocenters. The van der Waals surface area contributed by atoms with E-state index in [1.54, 1.807) is 0 Å². The van der Waals surface area contributed by atoms with Crippen molar-refractivity contribution in [2.24, 2.45) is 5.73 Å². The molecule has 0 aromatic heterocycles. The summed E-state index contributed by atoms with van der Waals surface area (Å²) < 4.78 is 22.8. The van der Waals surface area contributed by atoms with Crippen molar-refractivity contribution < 1.29 is 13.3 Å². The molecule has 0 aromatic carbocycles. The fourth-order valence-corrected chi connectivity index (χ4v) is 0.524. The summed E-state index contributed by atoms with van der Waals surface area (Å²) in [7, 11) is 0. The van der Waals surface area contributed by atoms with Crippen LogP contribution in [0.25, 0.3) is 0 Å². The van der Waals surface area contributed by atoms with E-state index in [4.69, 9.17) is 19.0 Å². The molecule has 4 N–H and O–H groups in total. The smallest absolute Gasteiger partial charge is 0.299 e. The van der Waals surface area contributed by atoms with E-state index < -0.39 is 11.4 Å². The highest BCUT2D eigenvalue weighted by molar-refractivity contribution is 7.73. The molecule has 72 valence electrons. The van der Waals surface area contributed by atoms with Gasteiger partial charge < -0.3 is 5.73 Å². The van der Waals surface area contributed by atoms with Crippen LogP contribution in [0.3, 0.4) is 0 Å². The van der Waals surface area contributed by atoms with Crippen molar-refractivity contribution in [2.45, 2.75) is 18.9 Å². The second-order valence-electron chi connectivity index (χ2n) is 2.04. The van der Waals surface area contributed by atoms with Crippen LogP contribution in [0.2, 0.25) is 0 Å². The summed E-state index contributed by atoms with van der Waals surface area (Å²) in [6.45, 7) is 7.14. The van der Waals surface area contributed by atoms with Crippen molar-refractivity contribution in [1.29, 1.82) is 0 Å². The van der Waals surface area contributed by atoms with E-state index in [1.165, 1.54) is 0 Å². The van der Waals surface area contributed by atoms with Crippen LogP contribution in [0.1, 0.15) is 12.8 Å². The van der Waals surface area contributed by atoms with Crippen LogP contribution in [0, 0.1) is 0 Å². The molecular weight excluding hydrogens is 178 g/mol. The largest absolute Gasteiger partial charge is 0.327 e. The van der Waals surface area contributed by atoms with E-state index >= 15 is 0 Å². The normalized spacial score (nSPS) is 9.08. The number of nitrogens with two attached hydrogens (primary N) is 1. The zero-order valence-electron chi connectivity index (χ0n) is 6.85. The maximum absolute atomic E-state index is 8.67. The molecule has 0 heterocycles. The third-order valence-corrected chi connectivity index (χ3v) is 0.939. The van der Waals surface area contributed by atoms with Gasteiger partial charge in [0.2, 0.25) is 0 Å². The SMILES string of the molecule is C=CCC(N)CC=C.O=S(O)O. The van der Waals surface area contributed by atoms with Crippen molar-refractivity contribution in [3.63, 3.8) is 0 Å². The van der Waals surface area contributed by atoms with Crippen LogP contribution in [0.4, 0.5) is 0 Å². The molecule has 0 rings (SSSR count). The zero-order valence-corrected chi connectivity index (χ0v) is 7.67. The van der Waals surface area contributed by atoms with Crippen molar-refractivity contribution >= 4 is 11.4 Å². The lowest BCUT2D eigenvalue weighted by Crippen LogP contribution is -2.17. The minimum atomic E-state index is -2.61. The van der Waals surface area contributed by atoms with Gasteiger partial charge in [-0.2, -0.15) is 4.21 Å². The molecule has 5 heteroatoms. The molecule has 0 saturated heterocycles. The van der Waals surface area contributed by atoms with E-state index in [1.807, 2.05) is 12.2 Å².